The molecule has 0 aromatic heterocycles. The van der Waals surface area contributed by atoms with Crippen LogP contribution < -0.4 is 22.1 Å². The summed E-state index contributed by atoms with van der Waals surface area (Å²) in [6.07, 6.45) is 1.68. The highest BCUT2D eigenvalue weighted by Crippen LogP contribution is 2.27. The van der Waals surface area contributed by atoms with Crippen LogP contribution in [-0.4, -0.2) is 32.0 Å². The number of nitrogens with two attached hydrogens (primary N) is 2. The standard InChI is InChI=1S/C15H24N4O2/c1-18-12(13(16)20)9-6-10-15(19-2,14(17)21)11-7-4-3-5-8-11/h3-5,7-8,12,18-19H,6,9-10H2,1-2H3,(H2,16,20)(H2,17,21). The molecule has 2 atom stereocenters. The summed E-state index contributed by atoms with van der Waals surface area (Å²) in [4.78, 5) is 23.2. The Morgan fingerprint density at radius 3 is 2.24 bits per heavy atom. The first kappa shape index (κ1) is 17.1. The van der Waals surface area contributed by atoms with E-state index in [-0.39, 0.29) is 0 Å². The summed E-state index contributed by atoms with van der Waals surface area (Å²) in [5.74, 6) is -0.831. The number of amides is 2. The highest BCUT2D eigenvalue weighted by atomic mass is 16.2. The zero-order valence-electron chi connectivity index (χ0n) is 12.6. The Hall–Kier alpha value is -1.92. The van der Waals surface area contributed by atoms with E-state index in [0.29, 0.717) is 19.3 Å². The maximum atomic E-state index is 12.0. The van der Waals surface area contributed by atoms with Gasteiger partial charge in [0.05, 0.1) is 6.04 Å². The molecule has 0 saturated carbocycles. The number of carbonyl (C=O) groups excluding carboxylic acids is 2. The molecular weight excluding hydrogens is 268 g/mol. The van der Waals surface area contributed by atoms with Crippen LogP contribution in [0.25, 0.3) is 0 Å². The van der Waals surface area contributed by atoms with Gasteiger partial charge in [-0.15, -0.1) is 0 Å². The van der Waals surface area contributed by atoms with E-state index in [4.69, 9.17) is 11.5 Å². The molecule has 6 N–H and O–H groups in total. The van der Waals surface area contributed by atoms with Crippen LogP contribution in [0.1, 0.15) is 24.8 Å². The Balaban J connectivity index is 2.86. The summed E-state index contributed by atoms with van der Waals surface area (Å²) >= 11 is 0. The summed E-state index contributed by atoms with van der Waals surface area (Å²) in [6.45, 7) is 0. The zero-order valence-corrected chi connectivity index (χ0v) is 12.6. The number of primary amides is 2. The molecule has 2 unspecified atom stereocenters. The van der Waals surface area contributed by atoms with Gasteiger partial charge in [-0.2, -0.15) is 0 Å². The first-order chi connectivity index (χ1) is 9.97. The third kappa shape index (κ3) is 4.03. The molecule has 6 nitrogen and oxygen atoms in total. The highest BCUT2D eigenvalue weighted by Gasteiger charge is 2.36. The molecule has 0 bridgehead atoms. The lowest BCUT2D eigenvalue weighted by molar-refractivity contribution is -0.125. The molecular formula is C15H24N4O2. The van der Waals surface area contributed by atoms with Gasteiger partial charge in [0, 0.05) is 0 Å². The summed E-state index contributed by atoms with van der Waals surface area (Å²) in [5.41, 5.74) is 10.8. The summed E-state index contributed by atoms with van der Waals surface area (Å²) in [7, 11) is 3.40. The molecule has 0 aliphatic rings. The fourth-order valence-corrected chi connectivity index (χ4v) is 2.53. The van der Waals surface area contributed by atoms with Crippen LogP contribution in [0.3, 0.4) is 0 Å². The van der Waals surface area contributed by atoms with Gasteiger partial charge in [0.1, 0.15) is 5.54 Å². The van der Waals surface area contributed by atoms with Crippen LogP contribution in [0.4, 0.5) is 0 Å². The van der Waals surface area contributed by atoms with Crippen molar-refractivity contribution in [3.8, 4) is 0 Å². The first-order valence-corrected chi connectivity index (χ1v) is 6.99. The Morgan fingerprint density at radius 1 is 1.19 bits per heavy atom. The van der Waals surface area contributed by atoms with Gasteiger partial charge in [-0.25, -0.2) is 0 Å². The second kappa shape index (κ2) is 7.75. The molecule has 1 rings (SSSR count). The number of rotatable bonds is 9. The quantitative estimate of drug-likeness (QED) is 0.506. The van der Waals surface area contributed by atoms with E-state index in [9.17, 15) is 9.59 Å². The predicted molar refractivity (Wildman–Crippen MR) is 82.3 cm³/mol. The second-order valence-corrected chi connectivity index (χ2v) is 5.02. The zero-order chi connectivity index (χ0) is 15.9. The van der Waals surface area contributed by atoms with Gasteiger partial charge >= 0.3 is 0 Å². The lowest BCUT2D eigenvalue weighted by Gasteiger charge is -2.31. The minimum Gasteiger partial charge on any atom is -0.368 e. The van der Waals surface area contributed by atoms with E-state index in [2.05, 4.69) is 10.6 Å². The lowest BCUT2D eigenvalue weighted by Crippen LogP contribution is -2.51. The van der Waals surface area contributed by atoms with Crippen LogP contribution in [-0.2, 0) is 15.1 Å². The van der Waals surface area contributed by atoms with Crippen molar-refractivity contribution in [3.05, 3.63) is 35.9 Å². The van der Waals surface area contributed by atoms with Crippen molar-refractivity contribution in [1.82, 2.24) is 10.6 Å². The van der Waals surface area contributed by atoms with Crippen molar-refractivity contribution >= 4 is 11.8 Å². The van der Waals surface area contributed by atoms with Gasteiger partial charge in [-0.05, 0) is 38.9 Å². The Kier molecular flexibility index (Phi) is 6.33. The third-order valence-corrected chi connectivity index (χ3v) is 3.85. The van der Waals surface area contributed by atoms with Gasteiger partial charge in [-0.1, -0.05) is 30.3 Å². The van der Waals surface area contributed by atoms with Gasteiger partial charge in [-0.3, -0.25) is 9.59 Å². The Labute approximate surface area is 125 Å². The van der Waals surface area contributed by atoms with Crippen molar-refractivity contribution in [2.75, 3.05) is 14.1 Å². The molecule has 1 aromatic rings. The second-order valence-electron chi connectivity index (χ2n) is 5.02. The van der Waals surface area contributed by atoms with E-state index in [1.807, 2.05) is 30.3 Å². The fourth-order valence-electron chi connectivity index (χ4n) is 2.53. The van der Waals surface area contributed by atoms with Gasteiger partial charge < -0.3 is 22.1 Å². The molecule has 0 aliphatic carbocycles. The number of hydrogen-bond donors (Lipinski definition) is 4. The smallest absolute Gasteiger partial charge is 0.242 e. The van der Waals surface area contributed by atoms with Crippen LogP contribution in [0.2, 0.25) is 0 Å². The van der Waals surface area contributed by atoms with Crippen molar-refractivity contribution in [2.24, 2.45) is 11.5 Å². The third-order valence-electron chi connectivity index (χ3n) is 3.85. The largest absolute Gasteiger partial charge is 0.368 e. The number of likely N-dealkylation sites (N-methyl/N-ethyl adjacent to an activating group) is 2. The average Bonchev–Trinajstić information content (AvgIpc) is 2.48. The van der Waals surface area contributed by atoms with E-state index in [1.54, 1.807) is 14.1 Å². The van der Waals surface area contributed by atoms with E-state index in [0.717, 1.165) is 5.56 Å². The minimum atomic E-state index is -0.933. The fraction of sp³-hybridized carbons (Fsp3) is 0.467. The van der Waals surface area contributed by atoms with Gasteiger partial charge in [0.2, 0.25) is 11.8 Å². The maximum absolute atomic E-state index is 12.0. The molecule has 1 aromatic carbocycles. The van der Waals surface area contributed by atoms with E-state index in [1.165, 1.54) is 0 Å². The summed E-state index contributed by atoms with van der Waals surface area (Å²) < 4.78 is 0. The van der Waals surface area contributed by atoms with Crippen LogP contribution >= 0.6 is 0 Å². The molecule has 0 radical (unpaired) electrons. The van der Waals surface area contributed by atoms with Crippen molar-refractivity contribution < 1.29 is 9.59 Å². The van der Waals surface area contributed by atoms with Crippen LogP contribution in [0, 0.1) is 0 Å². The maximum Gasteiger partial charge on any atom is 0.242 e. The van der Waals surface area contributed by atoms with Crippen molar-refractivity contribution in [3.63, 3.8) is 0 Å². The first-order valence-electron chi connectivity index (χ1n) is 6.99. The van der Waals surface area contributed by atoms with Crippen LogP contribution in [0.15, 0.2) is 30.3 Å². The van der Waals surface area contributed by atoms with Crippen LogP contribution in [0.5, 0.6) is 0 Å². The molecule has 0 heterocycles. The van der Waals surface area contributed by atoms with Gasteiger partial charge in [0.25, 0.3) is 0 Å². The van der Waals surface area contributed by atoms with Crippen molar-refractivity contribution in [2.45, 2.75) is 30.8 Å². The summed E-state index contributed by atoms with van der Waals surface area (Å²) in [6, 6.07) is 8.95. The molecule has 0 aliphatic heterocycles. The predicted octanol–water partition coefficient (Wildman–Crippen LogP) is -0.170. The number of carbonyl (C=O) groups is 2. The lowest BCUT2D eigenvalue weighted by atomic mass is 9.83. The Morgan fingerprint density at radius 2 is 1.81 bits per heavy atom. The average molecular weight is 292 g/mol. The molecule has 0 saturated heterocycles. The van der Waals surface area contributed by atoms with Crippen molar-refractivity contribution in [1.29, 1.82) is 0 Å². The number of hydrogen-bond acceptors (Lipinski definition) is 4. The molecule has 116 valence electrons. The highest BCUT2D eigenvalue weighted by molar-refractivity contribution is 5.86. The molecule has 6 heteroatoms. The Bertz CT molecular complexity index is 478. The summed E-state index contributed by atoms with van der Waals surface area (Å²) in [5, 5.41) is 5.90. The SMILES string of the molecule is CNC(CCCC(NC)(C(N)=O)c1ccccc1)C(N)=O. The molecule has 0 spiro atoms. The normalized spacial score (nSPS) is 15.1. The van der Waals surface area contributed by atoms with Gasteiger partial charge in [0.15, 0.2) is 0 Å². The minimum absolute atomic E-state index is 0.397. The number of benzene rings is 1. The van der Waals surface area contributed by atoms with E-state index >= 15 is 0 Å². The molecule has 21 heavy (non-hydrogen) atoms. The molecule has 0 fully saturated rings. The monoisotopic (exact) mass is 292 g/mol. The number of nitrogens with one attached hydrogen (secondary N) is 2. The molecule has 2 amide bonds. The topological polar surface area (TPSA) is 110 Å². The van der Waals surface area contributed by atoms with E-state index < -0.39 is 23.4 Å².